The Balaban J connectivity index is 1.82. The Morgan fingerprint density at radius 3 is 2.82 bits per heavy atom. The van der Waals surface area contributed by atoms with Crippen LogP contribution in [0.1, 0.15) is 12.8 Å². The Labute approximate surface area is 160 Å². The summed E-state index contributed by atoms with van der Waals surface area (Å²) in [5.74, 6) is -0.731. The Morgan fingerprint density at radius 2 is 2.11 bits per heavy atom. The third-order valence-electron chi connectivity index (χ3n) is 4.10. The van der Waals surface area contributed by atoms with E-state index < -0.39 is 12.0 Å². The SMILES string of the molecule is NC(N)=NCCC[C@H](Nc1noc2ncc(-c3cccc(N)c3)cc12)C(=O)O. The first-order valence-corrected chi connectivity index (χ1v) is 8.60. The molecule has 0 saturated carbocycles. The monoisotopic (exact) mass is 383 g/mol. The molecule has 0 saturated heterocycles. The van der Waals surface area contributed by atoms with Crippen molar-refractivity contribution in [1.29, 1.82) is 0 Å². The highest BCUT2D eigenvalue weighted by Gasteiger charge is 2.20. The zero-order valence-electron chi connectivity index (χ0n) is 15.0. The number of guanidine groups is 1. The number of hydrogen-bond donors (Lipinski definition) is 5. The standard InChI is InChI=1S/C18H21N7O3/c19-12-4-1-3-10(7-12)11-8-13-15(25-28-16(13)23-9-11)24-14(17(26)27)5-2-6-22-18(20)21/h1,3-4,7-9,14H,2,5-6,19H2,(H,24,25)(H,26,27)(H4,20,21,22)/t14-/m0/s1. The van der Waals surface area contributed by atoms with Gasteiger partial charge in [0.25, 0.3) is 5.71 Å². The van der Waals surface area contributed by atoms with Gasteiger partial charge in [0.15, 0.2) is 11.8 Å². The molecule has 2 aromatic heterocycles. The highest BCUT2D eigenvalue weighted by molar-refractivity contribution is 5.91. The molecule has 1 atom stereocenters. The van der Waals surface area contributed by atoms with Gasteiger partial charge in [0.2, 0.25) is 0 Å². The van der Waals surface area contributed by atoms with Crippen LogP contribution < -0.4 is 22.5 Å². The van der Waals surface area contributed by atoms with Gasteiger partial charge in [-0.2, -0.15) is 0 Å². The van der Waals surface area contributed by atoms with E-state index in [9.17, 15) is 9.90 Å². The van der Waals surface area contributed by atoms with Crippen LogP contribution in [0.2, 0.25) is 0 Å². The number of nitrogens with one attached hydrogen (secondary N) is 1. The minimum atomic E-state index is -1.01. The highest BCUT2D eigenvalue weighted by Crippen LogP contribution is 2.28. The van der Waals surface area contributed by atoms with Crippen LogP contribution in [0, 0.1) is 0 Å². The molecular formula is C18H21N7O3. The van der Waals surface area contributed by atoms with Crippen LogP contribution in [0.4, 0.5) is 11.5 Å². The summed E-state index contributed by atoms with van der Waals surface area (Å²) in [5, 5.41) is 16.9. The van der Waals surface area contributed by atoms with E-state index in [1.165, 1.54) is 0 Å². The molecule has 0 spiro atoms. The van der Waals surface area contributed by atoms with Crippen molar-refractivity contribution in [1.82, 2.24) is 10.1 Å². The number of aliphatic imine (C=N–C) groups is 1. The summed E-state index contributed by atoms with van der Waals surface area (Å²) < 4.78 is 5.21. The van der Waals surface area contributed by atoms with E-state index in [2.05, 4.69) is 20.4 Å². The van der Waals surface area contributed by atoms with Gasteiger partial charge in [-0.05, 0) is 36.6 Å². The number of benzene rings is 1. The second-order valence-electron chi connectivity index (χ2n) is 6.22. The summed E-state index contributed by atoms with van der Waals surface area (Å²) in [6.45, 7) is 0.342. The number of carbonyl (C=O) groups is 1. The van der Waals surface area contributed by atoms with Crippen molar-refractivity contribution in [3.05, 3.63) is 36.5 Å². The predicted octanol–water partition coefficient (Wildman–Crippen LogP) is 1.39. The van der Waals surface area contributed by atoms with Crippen molar-refractivity contribution in [2.45, 2.75) is 18.9 Å². The third kappa shape index (κ3) is 4.47. The van der Waals surface area contributed by atoms with Gasteiger partial charge in [-0.1, -0.05) is 17.3 Å². The van der Waals surface area contributed by atoms with Crippen LogP contribution in [-0.2, 0) is 4.79 Å². The van der Waals surface area contributed by atoms with E-state index in [1.54, 1.807) is 12.3 Å². The topological polar surface area (TPSA) is 179 Å². The van der Waals surface area contributed by atoms with Gasteiger partial charge in [0.1, 0.15) is 6.04 Å². The fraction of sp³-hybridized carbons (Fsp3) is 0.222. The first kappa shape index (κ1) is 19.0. The fourth-order valence-electron chi connectivity index (χ4n) is 2.74. The summed E-state index contributed by atoms with van der Waals surface area (Å²) in [6.07, 6.45) is 2.45. The Hall–Kier alpha value is -3.82. The largest absolute Gasteiger partial charge is 0.480 e. The second kappa shape index (κ2) is 8.25. The number of carboxylic acids is 1. The van der Waals surface area contributed by atoms with Gasteiger partial charge in [-0.25, -0.2) is 9.78 Å². The molecule has 0 aliphatic heterocycles. The normalized spacial score (nSPS) is 11.9. The molecule has 0 aliphatic rings. The number of aromatic nitrogens is 2. The molecule has 0 radical (unpaired) electrons. The maximum atomic E-state index is 11.6. The molecule has 0 aliphatic carbocycles. The van der Waals surface area contributed by atoms with Crippen molar-refractivity contribution in [3.8, 4) is 11.1 Å². The number of rotatable bonds is 8. The quantitative estimate of drug-likeness (QED) is 0.166. The van der Waals surface area contributed by atoms with Gasteiger partial charge in [0, 0.05) is 24.0 Å². The zero-order valence-corrected chi connectivity index (χ0v) is 15.0. The second-order valence-corrected chi connectivity index (χ2v) is 6.22. The van der Waals surface area contributed by atoms with Crippen LogP contribution in [0.25, 0.3) is 22.2 Å². The molecule has 3 aromatic rings. The fourth-order valence-corrected chi connectivity index (χ4v) is 2.74. The van der Waals surface area contributed by atoms with Crippen LogP contribution in [0.5, 0.6) is 0 Å². The van der Waals surface area contributed by atoms with Crippen LogP contribution in [0.15, 0.2) is 46.0 Å². The van der Waals surface area contributed by atoms with Crippen LogP contribution >= 0.6 is 0 Å². The smallest absolute Gasteiger partial charge is 0.326 e. The van der Waals surface area contributed by atoms with Crippen molar-refractivity contribution in [2.24, 2.45) is 16.5 Å². The predicted molar refractivity (Wildman–Crippen MR) is 107 cm³/mol. The Bertz CT molecular complexity index is 1010. The molecule has 1 aromatic carbocycles. The van der Waals surface area contributed by atoms with E-state index in [1.807, 2.05) is 24.3 Å². The van der Waals surface area contributed by atoms with Gasteiger partial charge < -0.3 is 32.1 Å². The summed E-state index contributed by atoms with van der Waals surface area (Å²) in [4.78, 5) is 19.7. The van der Waals surface area contributed by atoms with E-state index >= 15 is 0 Å². The van der Waals surface area contributed by atoms with Gasteiger partial charge in [0.05, 0.1) is 5.39 Å². The van der Waals surface area contributed by atoms with Crippen molar-refractivity contribution < 1.29 is 14.4 Å². The number of nitrogens with zero attached hydrogens (tertiary/aromatic N) is 3. The Kier molecular flexibility index (Phi) is 5.58. The van der Waals surface area contributed by atoms with Crippen molar-refractivity contribution >= 4 is 34.5 Å². The summed E-state index contributed by atoms with van der Waals surface area (Å²) in [7, 11) is 0. The molecule has 10 nitrogen and oxygen atoms in total. The number of pyridine rings is 1. The number of hydrogen-bond acceptors (Lipinski definition) is 7. The molecule has 0 unspecified atom stereocenters. The first-order valence-electron chi connectivity index (χ1n) is 8.60. The van der Waals surface area contributed by atoms with E-state index in [4.69, 9.17) is 21.7 Å². The number of nitrogens with two attached hydrogens (primary N) is 3. The lowest BCUT2D eigenvalue weighted by molar-refractivity contribution is -0.138. The lowest BCUT2D eigenvalue weighted by atomic mass is 10.1. The first-order chi connectivity index (χ1) is 13.4. The molecule has 146 valence electrons. The van der Waals surface area contributed by atoms with Crippen molar-refractivity contribution in [3.63, 3.8) is 0 Å². The molecule has 2 heterocycles. The Morgan fingerprint density at radius 1 is 1.29 bits per heavy atom. The molecule has 10 heteroatoms. The van der Waals surface area contributed by atoms with E-state index in [0.29, 0.717) is 42.0 Å². The molecule has 28 heavy (non-hydrogen) atoms. The average molecular weight is 383 g/mol. The summed E-state index contributed by atoms with van der Waals surface area (Å²) >= 11 is 0. The molecule has 0 bridgehead atoms. The summed E-state index contributed by atoms with van der Waals surface area (Å²) in [6, 6.07) is 8.32. The molecule has 0 fully saturated rings. The number of nitrogen functional groups attached to an aromatic ring is 1. The van der Waals surface area contributed by atoms with Gasteiger partial charge in [-0.15, -0.1) is 0 Å². The van der Waals surface area contributed by atoms with Crippen LogP contribution in [-0.4, -0.2) is 39.8 Å². The van der Waals surface area contributed by atoms with Crippen molar-refractivity contribution in [2.75, 3.05) is 17.6 Å². The number of anilines is 2. The zero-order chi connectivity index (χ0) is 20.1. The lowest BCUT2D eigenvalue weighted by Gasteiger charge is -2.13. The number of carboxylic acid groups (broad SMARTS) is 1. The molecular weight excluding hydrogens is 362 g/mol. The minimum Gasteiger partial charge on any atom is -0.480 e. The maximum absolute atomic E-state index is 11.6. The number of fused-ring (bicyclic) bond motifs is 1. The third-order valence-corrected chi connectivity index (χ3v) is 4.10. The van der Waals surface area contributed by atoms with Gasteiger partial charge >= 0.3 is 5.97 Å². The minimum absolute atomic E-state index is 0.0255. The molecule has 0 amide bonds. The highest BCUT2D eigenvalue weighted by atomic mass is 16.5. The van der Waals surface area contributed by atoms with E-state index in [-0.39, 0.29) is 5.96 Å². The average Bonchev–Trinajstić information content (AvgIpc) is 3.06. The van der Waals surface area contributed by atoms with Crippen LogP contribution in [0.3, 0.4) is 0 Å². The molecule has 8 N–H and O–H groups in total. The summed E-state index contributed by atoms with van der Waals surface area (Å²) in [5.41, 5.74) is 19.0. The van der Waals surface area contributed by atoms with Gasteiger partial charge in [-0.3, -0.25) is 4.99 Å². The lowest BCUT2D eigenvalue weighted by Crippen LogP contribution is -2.30. The molecule has 3 rings (SSSR count). The number of aliphatic carboxylic acids is 1. The van der Waals surface area contributed by atoms with E-state index in [0.717, 1.165) is 11.1 Å². The maximum Gasteiger partial charge on any atom is 0.326 e.